The van der Waals surface area contributed by atoms with E-state index in [9.17, 15) is 14.5 Å². The maximum Gasteiger partial charge on any atom is 0.290 e. The molecule has 1 aromatic carbocycles. The molecule has 0 atom stereocenters. The number of nitrogens with zero attached hydrogens (tertiary/aromatic N) is 2. The minimum Gasteiger partial charge on any atom is -0.496 e. The number of aryl methyl sites for hydroxylation is 1. The number of nitro groups is 1. The van der Waals surface area contributed by atoms with Crippen molar-refractivity contribution < 1.29 is 14.1 Å². The lowest BCUT2D eigenvalue weighted by atomic mass is 10.2. The molecule has 0 spiro atoms. The molecule has 1 aromatic heterocycles. The summed E-state index contributed by atoms with van der Waals surface area (Å²) >= 11 is 1.37. The summed E-state index contributed by atoms with van der Waals surface area (Å²) in [7, 11) is 1.52. The highest BCUT2D eigenvalue weighted by Gasteiger charge is 2.12. The first kappa shape index (κ1) is 15.2. The Labute approximate surface area is 125 Å². The summed E-state index contributed by atoms with van der Waals surface area (Å²) in [6.07, 6.45) is 1.24. The molecule has 110 valence electrons. The van der Waals surface area contributed by atoms with Gasteiger partial charge in [0.25, 0.3) is 5.69 Å². The fourth-order valence-electron chi connectivity index (χ4n) is 1.80. The zero-order chi connectivity index (χ0) is 15.4. The molecule has 1 heterocycles. The number of pyridine rings is 1. The van der Waals surface area contributed by atoms with Crippen LogP contribution in [0.4, 0.5) is 10.1 Å². The number of thioether (sulfide) groups is 1. The minimum atomic E-state index is -0.466. The van der Waals surface area contributed by atoms with Crippen LogP contribution in [0, 0.1) is 22.9 Å². The highest BCUT2D eigenvalue weighted by atomic mass is 32.2. The summed E-state index contributed by atoms with van der Waals surface area (Å²) in [5.41, 5.74) is 1.24. The van der Waals surface area contributed by atoms with E-state index >= 15 is 0 Å². The van der Waals surface area contributed by atoms with Crippen LogP contribution >= 0.6 is 11.8 Å². The van der Waals surface area contributed by atoms with Gasteiger partial charge in [-0.05, 0) is 31.2 Å². The third kappa shape index (κ3) is 3.69. The highest BCUT2D eigenvalue weighted by molar-refractivity contribution is 7.98. The second-order valence-corrected chi connectivity index (χ2v) is 5.31. The quantitative estimate of drug-likeness (QED) is 0.478. The van der Waals surface area contributed by atoms with E-state index in [4.69, 9.17) is 4.74 Å². The molecular weight excluding hydrogens is 295 g/mol. The smallest absolute Gasteiger partial charge is 0.290 e. The molecule has 0 fully saturated rings. The van der Waals surface area contributed by atoms with Gasteiger partial charge in [-0.15, -0.1) is 11.8 Å². The molecule has 0 amide bonds. The van der Waals surface area contributed by atoms with Crippen molar-refractivity contribution in [1.82, 2.24) is 4.98 Å². The second-order valence-electron chi connectivity index (χ2n) is 4.31. The lowest BCUT2D eigenvalue weighted by molar-refractivity contribution is -0.385. The largest absolute Gasteiger partial charge is 0.496 e. The van der Waals surface area contributed by atoms with Crippen molar-refractivity contribution >= 4 is 17.4 Å². The van der Waals surface area contributed by atoms with Crippen LogP contribution in [-0.2, 0) is 5.75 Å². The van der Waals surface area contributed by atoms with Crippen molar-refractivity contribution in [1.29, 1.82) is 0 Å². The van der Waals surface area contributed by atoms with E-state index in [1.807, 2.05) is 0 Å². The Morgan fingerprint density at radius 3 is 2.81 bits per heavy atom. The zero-order valence-electron chi connectivity index (χ0n) is 11.5. The molecule has 0 unspecified atom stereocenters. The van der Waals surface area contributed by atoms with Crippen LogP contribution in [0.2, 0.25) is 0 Å². The fraction of sp³-hybridized carbons (Fsp3) is 0.214. The summed E-state index contributed by atoms with van der Waals surface area (Å²) < 4.78 is 18.4. The summed E-state index contributed by atoms with van der Waals surface area (Å²) in [5, 5.41) is 11.4. The number of hydrogen-bond acceptors (Lipinski definition) is 5. The van der Waals surface area contributed by atoms with Gasteiger partial charge in [0.2, 0.25) is 0 Å². The molecular formula is C14H13FN2O3S. The van der Waals surface area contributed by atoms with Gasteiger partial charge < -0.3 is 4.74 Å². The summed E-state index contributed by atoms with van der Waals surface area (Å²) in [6, 6.07) is 5.96. The third-order valence-corrected chi connectivity index (χ3v) is 3.85. The zero-order valence-corrected chi connectivity index (χ0v) is 12.3. The lowest BCUT2D eigenvalue weighted by Gasteiger charge is -2.08. The standard InChI is InChI=1S/C14H13FN2O3S/c1-9-5-14(16-7-12(9)17(18)19)21-8-10-6-11(15)3-4-13(10)20-2/h3-7H,8H2,1-2H3. The Bertz CT molecular complexity index is 679. The Kier molecular flexibility index (Phi) is 4.74. The first-order valence-corrected chi connectivity index (χ1v) is 7.06. The van der Waals surface area contributed by atoms with Crippen LogP contribution < -0.4 is 4.74 Å². The molecule has 0 bridgehead atoms. The predicted molar refractivity (Wildman–Crippen MR) is 78.1 cm³/mol. The SMILES string of the molecule is COc1ccc(F)cc1CSc1cc(C)c([N+](=O)[O-])cn1. The number of benzene rings is 1. The van der Waals surface area contributed by atoms with Crippen molar-refractivity contribution in [2.45, 2.75) is 17.7 Å². The van der Waals surface area contributed by atoms with Crippen LogP contribution in [0.3, 0.4) is 0 Å². The average molecular weight is 308 g/mol. The van der Waals surface area contributed by atoms with E-state index in [2.05, 4.69) is 4.98 Å². The van der Waals surface area contributed by atoms with Crippen LogP contribution in [0.5, 0.6) is 5.75 Å². The summed E-state index contributed by atoms with van der Waals surface area (Å²) in [6.45, 7) is 1.66. The number of ether oxygens (including phenoxy) is 1. The van der Waals surface area contributed by atoms with E-state index in [1.54, 1.807) is 19.1 Å². The van der Waals surface area contributed by atoms with Crippen molar-refractivity contribution in [3.05, 3.63) is 57.5 Å². The molecule has 0 saturated carbocycles. The number of aromatic nitrogens is 1. The van der Waals surface area contributed by atoms with Crippen LogP contribution in [0.1, 0.15) is 11.1 Å². The Morgan fingerprint density at radius 1 is 1.43 bits per heavy atom. The van der Waals surface area contributed by atoms with Gasteiger partial charge in [-0.1, -0.05) is 0 Å². The summed E-state index contributed by atoms with van der Waals surface area (Å²) in [4.78, 5) is 14.3. The van der Waals surface area contributed by atoms with Crippen molar-refractivity contribution in [2.75, 3.05) is 7.11 Å². The van der Waals surface area contributed by atoms with Gasteiger partial charge in [0.15, 0.2) is 0 Å². The molecule has 5 nitrogen and oxygen atoms in total. The van der Waals surface area contributed by atoms with Crippen LogP contribution in [0.15, 0.2) is 35.5 Å². The van der Waals surface area contributed by atoms with Gasteiger partial charge in [0.1, 0.15) is 17.8 Å². The average Bonchev–Trinajstić information content (AvgIpc) is 2.45. The molecule has 7 heteroatoms. The molecule has 21 heavy (non-hydrogen) atoms. The second kappa shape index (κ2) is 6.53. The number of methoxy groups -OCH3 is 1. The Balaban J connectivity index is 2.15. The molecule has 0 aliphatic carbocycles. The first-order chi connectivity index (χ1) is 10.0. The number of hydrogen-bond donors (Lipinski definition) is 0. The van der Waals surface area contributed by atoms with Crippen molar-refractivity contribution in [3.63, 3.8) is 0 Å². The lowest BCUT2D eigenvalue weighted by Crippen LogP contribution is -1.95. The predicted octanol–water partition coefficient (Wildman–Crippen LogP) is 3.74. The topological polar surface area (TPSA) is 65.3 Å². The summed E-state index contributed by atoms with van der Waals surface area (Å²) in [5.74, 6) is 0.729. The third-order valence-electron chi connectivity index (χ3n) is 2.87. The number of halogens is 1. The van der Waals surface area contributed by atoms with Gasteiger partial charge in [-0.3, -0.25) is 10.1 Å². The fourth-order valence-corrected chi connectivity index (χ4v) is 2.72. The molecule has 2 rings (SSSR count). The Hall–Kier alpha value is -2.15. The molecule has 0 saturated heterocycles. The molecule has 0 aliphatic heterocycles. The van der Waals surface area contributed by atoms with E-state index < -0.39 is 4.92 Å². The van der Waals surface area contributed by atoms with Gasteiger partial charge in [-0.25, -0.2) is 9.37 Å². The maximum atomic E-state index is 13.3. The molecule has 0 aliphatic rings. The van der Waals surface area contributed by atoms with Crippen LogP contribution in [-0.4, -0.2) is 17.0 Å². The Morgan fingerprint density at radius 2 is 2.19 bits per heavy atom. The number of rotatable bonds is 5. The highest BCUT2D eigenvalue weighted by Crippen LogP contribution is 2.29. The van der Waals surface area contributed by atoms with Crippen molar-refractivity contribution in [3.8, 4) is 5.75 Å². The van der Waals surface area contributed by atoms with Gasteiger partial charge >= 0.3 is 0 Å². The van der Waals surface area contributed by atoms with E-state index in [0.717, 1.165) is 0 Å². The molecule has 0 N–H and O–H groups in total. The van der Waals surface area contributed by atoms with Crippen molar-refractivity contribution in [2.24, 2.45) is 0 Å². The first-order valence-electron chi connectivity index (χ1n) is 6.07. The minimum absolute atomic E-state index is 0.0114. The monoisotopic (exact) mass is 308 g/mol. The van der Waals surface area contributed by atoms with Gasteiger partial charge in [-0.2, -0.15) is 0 Å². The van der Waals surface area contributed by atoms with E-state index in [-0.39, 0.29) is 11.5 Å². The molecule has 2 aromatic rings. The van der Waals surface area contributed by atoms with Crippen LogP contribution in [0.25, 0.3) is 0 Å². The van der Waals surface area contributed by atoms with Gasteiger partial charge in [0.05, 0.1) is 17.1 Å². The van der Waals surface area contributed by atoms with E-state index in [0.29, 0.717) is 27.7 Å². The maximum absolute atomic E-state index is 13.3. The molecule has 0 radical (unpaired) electrons. The van der Waals surface area contributed by atoms with E-state index in [1.165, 1.54) is 37.2 Å². The normalized spacial score (nSPS) is 10.4. The van der Waals surface area contributed by atoms with Gasteiger partial charge in [0, 0.05) is 16.9 Å².